The van der Waals surface area contributed by atoms with Gasteiger partial charge in [-0.3, -0.25) is 4.79 Å². The summed E-state index contributed by atoms with van der Waals surface area (Å²) in [5.74, 6) is 0.00111. The van der Waals surface area contributed by atoms with Crippen molar-refractivity contribution >= 4 is 5.91 Å². The van der Waals surface area contributed by atoms with Crippen LogP contribution < -0.4 is 5.32 Å². The molecule has 0 aliphatic carbocycles. The minimum Gasteiger partial charge on any atom is -0.383 e. The molecule has 0 aliphatic rings. The molecule has 0 fully saturated rings. The van der Waals surface area contributed by atoms with Crippen molar-refractivity contribution in [2.24, 2.45) is 0 Å². The van der Waals surface area contributed by atoms with Gasteiger partial charge in [0.25, 0.3) is 0 Å². The van der Waals surface area contributed by atoms with E-state index in [4.69, 9.17) is 0 Å². The second-order valence-electron chi connectivity index (χ2n) is 2.55. The van der Waals surface area contributed by atoms with E-state index in [0.29, 0.717) is 0 Å². The molecule has 0 rings (SSSR count). The fraction of sp³-hybridized carbons (Fsp3) is 0.625. The van der Waals surface area contributed by atoms with E-state index in [-0.39, 0.29) is 5.91 Å². The van der Waals surface area contributed by atoms with Gasteiger partial charge in [0, 0.05) is 32.9 Å². The highest BCUT2D eigenvalue weighted by Crippen LogP contribution is 2.00. The Morgan fingerprint density at radius 3 is 2.36 bits per heavy atom. The Hall–Kier alpha value is -0.990. The lowest BCUT2D eigenvalue weighted by molar-refractivity contribution is -0.117. The monoisotopic (exact) mass is 156 g/mol. The quantitative estimate of drug-likeness (QED) is 0.606. The largest absolute Gasteiger partial charge is 0.383 e. The molecule has 0 unspecified atom stereocenters. The number of hydrogen-bond donors (Lipinski definition) is 1. The Bertz CT molecular complexity index is 161. The van der Waals surface area contributed by atoms with Gasteiger partial charge in [0.15, 0.2) is 0 Å². The van der Waals surface area contributed by atoms with Crippen LogP contribution in [0.5, 0.6) is 0 Å². The van der Waals surface area contributed by atoms with Gasteiger partial charge >= 0.3 is 0 Å². The first-order valence-electron chi connectivity index (χ1n) is 3.71. The molecule has 0 radical (unpaired) electrons. The molecule has 0 heterocycles. The van der Waals surface area contributed by atoms with E-state index < -0.39 is 0 Å². The fourth-order valence-corrected chi connectivity index (χ4v) is 0.783. The first-order valence-corrected chi connectivity index (χ1v) is 3.71. The molecule has 0 aliphatic heterocycles. The van der Waals surface area contributed by atoms with E-state index in [1.807, 2.05) is 32.1 Å². The number of likely N-dealkylation sites (N-methyl/N-ethyl adjacent to an activating group) is 1. The van der Waals surface area contributed by atoms with Crippen molar-refractivity contribution in [3.63, 3.8) is 0 Å². The van der Waals surface area contributed by atoms with Crippen molar-refractivity contribution in [2.75, 3.05) is 21.1 Å². The molecule has 0 bridgehead atoms. The maximum absolute atomic E-state index is 11.1. The van der Waals surface area contributed by atoms with Crippen LogP contribution >= 0.6 is 0 Å². The Kier molecular flexibility index (Phi) is 4.34. The summed E-state index contributed by atoms with van der Waals surface area (Å²) >= 11 is 0. The lowest BCUT2D eigenvalue weighted by Crippen LogP contribution is -2.21. The number of hydrogen-bond acceptors (Lipinski definition) is 2. The average Bonchev–Trinajstić information content (AvgIpc) is 1.98. The van der Waals surface area contributed by atoms with Crippen LogP contribution in [0.15, 0.2) is 11.8 Å². The molecule has 0 saturated carbocycles. The number of carbonyl (C=O) groups excluding carboxylic acids is 1. The molecule has 0 aromatic rings. The summed E-state index contributed by atoms with van der Waals surface area (Å²) < 4.78 is 0. The molecule has 0 spiro atoms. The van der Waals surface area contributed by atoms with Gasteiger partial charge in [-0.15, -0.1) is 0 Å². The summed E-state index contributed by atoms with van der Waals surface area (Å²) in [6.45, 7) is 1.96. The van der Waals surface area contributed by atoms with Crippen LogP contribution in [0.3, 0.4) is 0 Å². The van der Waals surface area contributed by atoms with Gasteiger partial charge in [0.05, 0.1) is 0 Å². The van der Waals surface area contributed by atoms with Crippen LogP contribution in [0.1, 0.15) is 13.3 Å². The summed E-state index contributed by atoms with van der Waals surface area (Å²) in [6.07, 6.45) is 2.59. The molecule has 3 nitrogen and oxygen atoms in total. The normalized spacial score (nSPS) is 11.1. The first-order chi connectivity index (χ1) is 5.11. The third kappa shape index (κ3) is 3.65. The van der Waals surface area contributed by atoms with Gasteiger partial charge in [0.2, 0.25) is 5.91 Å². The average molecular weight is 156 g/mol. The van der Waals surface area contributed by atoms with Crippen molar-refractivity contribution in [3.05, 3.63) is 11.8 Å². The van der Waals surface area contributed by atoms with Crippen molar-refractivity contribution in [3.8, 4) is 0 Å². The number of nitrogens with one attached hydrogen (secondary N) is 1. The van der Waals surface area contributed by atoms with E-state index in [1.54, 1.807) is 7.05 Å². The molecule has 11 heavy (non-hydrogen) atoms. The van der Waals surface area contributed by atoms with Gasteiger partial charge in [0.1, 0.15) is 0 Å². The number of amides is 1. The topological polar surface area (TPSA) is 32.3 Å². The third-order valence-corrected chi connectivity index (χ3v) is 1.31. The van der Waals surface area contributed by atoms with Crippen molar-refractivity contribution in [2.45, 2.75) is 13.3 Å². The predicted molar refractivity (Wildman–Crippen MR) is 46.1 cm³/mol. The zero-order chi connectivity index (χ0) is 8.85. The summed E-state index contributed by atoms with van der Waals surface area (Å²) in [5.41, 5.74) is 0.803. The molecule has 0 saturated heterocycles. The molecular weight excluding hydrogens is 140 g/mol. The maximum atomic E-state index is 11.1. The maximum Gasteiger partial charge on any atom is 0.248 e. The van der Waals surface area contributed by atoms with E-state index in [0.717, 1.165) is 12.0 Å². The molecule has 0 aromatic heterocycles. The minimum absolute atomic E-state index is 0.00111. The van der Waals surface area contributed by atoms with E-state index in [2.05, 4.69) is 5.32 Å². The summed E-state index contributed by atoms with van der Waals surface area (Å²) in [7, 11) is 5.44. The van der Waals surface area contributed by atoms with Gasteiger partial charge in [-0.2, -0.15) is 0 Å². The third-order valence-electron chi connectivity index (χ3n) is 1.31. The molecule has 1 amide bonds. The highest BCUT2D eigenvalue weighted by Gasteiger charge is 2.03. The van der Waals surface area contributed by atoms with Crippen LogP contribution in [-0.2, 0) is 4.79 Å². The zero-order valence-corrected chi connectivity index (χ0v) is 7.64. The molecule has 3 heteroatoms. The molecule has 0 atom stereocenters. The first kappa shape index (κ1) is 10.0. The number of rotatable bonds is 3. The van der Waals surface area contributed by atoms with Crippen molar-refractivity contribution in [1.29, 1.82) is 0 Å². The summed E-state index contributed by atoms with van der Waals surface area (Å²) in [4.78, 5) is 12.9. The van der Waals surface area contributed by atoms with Crippen LogP contribution in [0, 0.1) is 0 Å². The summed E-state index contributed by atoms with van der Waals surface area (Å²) in [6, 6.07) is 0. The van der Waals surface area contributed by atoms with Crippen LogP contribution in [0.4, 0.5) is 0 Å². The second kappa shape index (κ2) is 4.77. The van der Waals surface area contributed by atoms with Crippen LogP contribution in [0.2, 0.25) is 0 Å². The number of carbonyl (C=O) groups is 1. The van der Waals surface area contributed by atoms with Gasteiger partial charge < -0.3 is 10.2 Å². The Morgan fingerprint density at radius 1 is 1.55 bits per heavy atom. The zero-order valence-electron chi connectivity index (χ0n) is 7.64. The Morgan fingerprint density at radius 2 is 2.09 bits per heavy atom. The highest BCUT2D eigenvalue weighted by atomic mass is 16.1. The van der Waals surface area contributed by atoms with Crippen LogP contribution in [0.25, 0.3) is 0 Å². The molecule has 1 N–H and O–H groups in total. The van der Waals surface area contributed by atoms with Crippen LogP contribution in [-0.4, -0.2) is 32.0 Å². The second-order valence-corrected chi connectivity index (χ2v) is 2.55. The lowest BCUT2D eigenvalue weighted by Gasteiger charge is -2.08. The van der Waals surface area contributed by atoms with Gasteiger partial charge in [-0.25, -0.2) is 0 Å². The van der Waals surface area contributed by atoms with E-state index in [9.17, 15) is 4.79 Å². The SMILES string of the molecule is CC/C(=C\N(C)C)C(=O)NC. The summed E-state index contributed by atoms with van der Waals surface area (Å²) in [5, 5.41) is 2.59. The molecule has 64 valence electrons. The Balaban J connectivity index is 4.27. The molecule has 0 aromatic carbocycles. The van der Waals surface area contributed by atoms with Gasteiger partial charge in [-0.05, 0) is 6.42 Å². The molecular formula is C8H16N2O. The van der Waals surface area contributed by atoms with Crippen molar-refractivity contribution in [1.82, 2.24) is 10.2 Å². The highest BCUT2D eigenvalue weighted by molar-refractivity contribution is 5.92. The number of nitrogens with zero attached hydrogens (tertiary/aromatic N) is 1. The predicted octanol–water partition coefficient (Wildman–Crippen LogP) is 0.588. The standard InChI is InChI=1S/C8H16N2O/c1-5-7(6-10(3)4)8(11)9-2/h6H,5H2,1-4H3,(H,9,11)/b7-6+. The van der Waals surface area contributed by atoms with Crippen molar-refractivity contribution < 1.29 is 4.79 Å². The van der Waals surface area contributed by atoms with E-state index >= 15 is 0 Å². The minimum atomic E-state index is 0.00111. The Labute approximate surface area is 68.1 Å². The lowest BCUT2D eigenvalue weighted by atomic mass is 10.2. The van der Waals surface area contributed by atoms with E-state index in [1.165, 1.54) is 0 Å². The van der Waals surface area contributed by atoms with Gasteiger partial charge in [-0.1, -0.05) is 6.92 Å². The smallest absolute Gasteiger partial charge is 0.248 e. The fourth-order valence-electron chi connectivity index (χ4n) is 0.783.